The van der Waals surface area contributed by atoms with E-state index < -0.39 is 13.9 Å². The van der Waals surface area contributed by atoms with Gasteiger partial charge >= 0.3 is 0 Å². The number of hydrogen-bond acceptors (Lipinski definition) is 3. The average Bonchev–Trinajstić information content (AvgIpc) is 2.37. The standard InChI is InChI=1S/C17H34O2SSi/c1-15(2,3)20-14(21(8,9)10)12-11-13-16(4,5)19-17(6,7)18-13/h12-13H,11H2,1-10H3/b14-12-/t13-/m0/s1. The maximum Gasteiger partial charge on any atom is 0.164 e. The van der Waals surface area contributed by atoms with Gasteiger partial charge in [0.1, 0.15) is 0 Å². The van der Waals surface area contributed by atoms with Crippen molar-refractivity contribution in [3.05, 3.63) is 10.6 Å². The molecule has 21 heavy (non-hydrogen) atoms. The van der Waals surface area contributed by atoms with Gasteiger partial charge in [0.25, 0.3) is 0 Å². The van der Waals surface area contributed by atoms with Gasteiger partial charge in [0.2, 0.25) is 0 Å². The van der Waals surface area contributed by atoms with Crippen LogP contribution in [-0.4, -0.2) is 30.3 Å². The second kappa shape index (κ2) is 6.03. The van der Waals surface area contributed by atoms with Crippen molar-refractivity contribution in [2.45, 2.75) is 96.8 Å². The van der Waals surface area contributed by atoms with E-state index in [1.807, 2.05) is 25.6 Å². The van der Waals surface area contributed by atoms with E-state index in [-0.39, 0.29) is 16.5 Å². The van der Waals surface area contributed by atoms with E-state index in [9.17, 15) is 0 Å². The molecule has 0 bridgehead atoms. The number of rotatable bonds is 4. The minimum Gasteiger partial charge on any atom is -0.344 e. The molecule has 0 aliphatic carbocycles. The Bertz CT molecular complexity index is 400. The fourth-order valence-corrected chi connectivity index (χ4v) is 6.30. The average molecular weight is 331 g/mol. The Kier molecular flexibility index (Phi) is 5.53. The van der Waals surface area contributed by atoms with E-state index >= 15 is 0 Å². The summed E-state index contributed by atoms with van der Waals surface area (Å²) < 4.78 is 13.9. The molecule has 0 N–H and O–H groups in total. The molecule has 1 aliphatic heterocycles. The van der Waals surface area contributed by atoms with Gasteiger partial charge < -0.3 is 9.47 Å². The normalized spacial score (nSPS) is 26.2. The highest BCUT2D eigenvalue weighted by Gasteiger charge is 2.46. The van der Waals surface area contributed by atoms with E-state index in [4.69, 9.17) is 9.47 Å². The summed E-state index contributed by atoms with van der Waals surface area (Å²) in [5.74, 6) is -0.474. The van der Waals surface area contributed by atoms with Crippen LogP contribution in [0.2, 0.25) is 19.6 Å². The first-order chi connectivity index (χ1) is 9.12. The number of thioether (sulfide) groups is 1. The summed E-state index contributed by atoms with van der Waals surface area (Å²) in [7, 11) is -1.32. The molecule has 0 aromatic carbocycles. The van der Waals surface area contributed by atoms with Crippen molar-refractivity contribution in [3.8, 4) is 0 Å². The van der Waals surface area contributed by atoms with Gasteiger partial charge in [0.05, 0.1) is 19.8 Å². The highest BCUT2D eigenvalue weighted by Crippen LogP contribution is 2.40. The van der Waals surface area contributed by atoms with E-state index in [1.54, 1.807) is 4.53 Å². The molecule has 0 amide bonds. The van der Waals surface area contributed by atoms with Gasteiger partial charge in [0, 0.05) is 4.75 Å². The molecule has 0 unspecified atom stereocenters. The van der Waals surface area contributed by atoms with Crippen molar-refractivity contribution in [2.75, 3.05) is 0 Å². The SMILES string of the molecule is CC1(C)O[C@@H](C/C=C(/SC(C)(C)C)[Si](C)(C)C)C(C)(C)O1. The van der Waals surface area contributed by atoms with Crippen LogP contribution in [0.4, 0.5) is 0 Å². The Labute approximate surface area is 137 Å². The largest absolute Gasteiger partial charge is 0.344 e. The Hall–Kier alpha value is 0.227. The highest BCUT2D eigenvalue weighted by atomic mass is 32.2. The number of ether oxygens (including phenoxy) is 2. The third-order valence-electron chi connectivity index (χ3n) is 3.38. The van der Waals surface area contributed by atoms with Gasteiger partial charge in [-0.3, -0.25) is 0 Å². The van der Waals surface area contributed by atoms with Gasteiger partial charge in [-0.05, 0) is 38.6 Å². The summed E-state index contributed by atoms with van der Waals surface area (Å²) in [6.07, 6.45) is 3.47. The lowest BCUT2D eigenvalue weighted by Gasteiger charge is -2.29. The molecule has 1 rings (SSSR count). The lowest BCUT2D eigenvalue weighted by Crippen LogP contribution is -2.33. The molecule has 0 spiro atoms. The van der Waals surface area contributed by atoms with Crippen molar-refractivity contribution in [2.24, 2.45) is 0 Å². The summed E-state index contributed by atoms with van der Waals surface area (Å²) in [6.45, 7) is 22.4. The van der Waals surface area contributed by atoms with Crippen LogP contribution in [0.25, 0.3) is 0 Å². The lowest BCUT2D eigenvalue weighted by atomic mass is 9.99. The zero-order valence-electron chi connectivity index (χ0n) is 15.6. The fourth-order valence-electron chi connectivity index (χ4n) is 2.58. The molecule has 124 valence electrons. The zero-order valence-corrected chi connectivity index (χ0v) is 17.4. The molecule has 0 aromatic heterocycles. The summed E-state index contributed by atoms with van der Waals surface area (Å²) in [5, 5.41) is 0. The smallest absolute Gasteiger partial charge is 0.164 e. The van der Waals surface area contributed by atoms with Crippen molar-refractivity contribution in [1.29, 1.82) is 0 Å². The number of hydrogen-bond donors (Lipinski definition) is 0. The molecule has 0 aromatic rings. The van der Waals surface area contributed by atoms with Gasteiger partial charge in [0.15, 0.2) is 5.79 Å². The van der Waals surface area contributed by atoms with E-state index in [0.717, 1.165) is 6.42 Å². The van der Waals surface area contributed by atoms with Crippen LogP contribution >= 0.6 is 11.8 Å². The van der Waals surface area contributed by atoms with Crippen molar-refractivity contribution in [1.82, 2.24) is 0 Å². The molecule has 1 atom stereocenters. The minimum absolute atomic E-state index is 0.124. The second-order valence-electron chi connectivity index (χ2n) is 8.98. The molecular weight excluding hydrogens is 296 g/mol. The van der Waals surface area contributed by atoms with Gasteiger partial charge in [-0.25, -0.2) is 0 Å². The highest BCUT2D eigenvalue weighted by molar-refractivity contribution is 8.06. The van der Waals surface area contributed by atoms with Crippen LogP contribution in [-0.2, 0) is 9.47 Å². The molecule has 1 aliphatic rings. The van der Waals surface area contributed by atoms with Gasteiger partial charge in [-0.15, -0.1) is 11.8 Å². The third kappa shape index (κ3) is 6.09. The van der Waals surface area contributed by atoms with Crippen molar-refractivity contribution < 1.29 is 9.47 Å². The molecule has 4 heteroatoms. The van der Waals surface area contributed by atoms with E-state index in [1.165, 1.54) is 0 Å². The second-order valence-corrected chi connectivity index (χ2v) is 16.3. The Balaban J connectivity index is 2.89. The zero-order chi connectivity index (χ0) is 16.7. The Morgan fingerprint density at radius 3 is 2.00 bits per heavy atom. The van der Waals surface area contributed by atoms with Gasteiger partial charge in [-0.2, -0.15) is 0 Å². The third-order valence-corrected chi connectivity index (χ3v) is 8.21. The quantitative estimate of drug-likeness (QED) is 0.625. The molecule has 1 saturated heterocycles. The predicted molar refractivity (Wildman–Crippen MR) is 97.5 cm³/mol. The van der Waals surface area contributed by atoms with E-state index in [2.05, 4.69) is 60.3 Å². The first kappa shape index (κ1) is 19.3. The predicted octanol–water partition coefficient (Wildman–Crippen LogP) is 5.60. The van der Waals surface area contributed by atoms with Crippen LogP contribution in [0.5, 0.6) is 0 Å². The Morgan fingerprint density at radius 1 is 1.14 bits per heavy atom. The molecular formula is C17H34O2SSi. The van der Waals surface area contributed by atoms with Crippen LogP contribution in [0.3, 0.4) is 0 Å². The first-order valence-corrected chi connectivity index (χ1v) is 12.2. The molecule has 0 radical (unpaired) electrons. The fraction of sp³-hybridized carbons (Fsp3) is 0.882. The summed E-state index contributed by atoms with van der Waals surface area (Å²) in [4.78, 5) is 0. The van der Waals surface area contributed by atoms with Crippen molar-refractivity contribution >= 4 is 19.8 Å². The van der Waals surface area contributed by atoms with Crippen LogP contribution in [0.1, 0.15) is 54.9 Å². The molecule has 2 nitrogen and oxygen atoms in total. The van der Waals surface area contributed by atoms with Crippen LogP contribution < -0.4 is 0 Å². The molecule has 1 fully saturated rings. The van der Waals surface area contributed by atoms with Crippen molar-refractivity contribution in [3.63, 3.8) is 0 Å². The molecule has 1 heterocycles. The molecule has 0 saturated carbocycles. The topological polar surface area (TPSA) is 18.5 Å². The van der Waals surface area contributed by atoms with Gasteiger partial charge in [-0.1, -0.05) is 46.5 Å². The van der Waals surface area contributed by atoms with E-state index in [0.29, 0.717) is 0 Å². The lowest BCUT2D eigenvalue weighted by molar-refractivity contribution is -0.157. The van der Waals surface area contributed by atoms with Crippen LogP contribution in [0.15, 0.2) is 10.6 Å². The maximum atomic E-state index is 6.10. The summed E-state index contributed by atoms with van der Waals surface area (Å²) in [5.41, 5.74) is -0.225. The maximum absolute atomic E-state index is 6.10. The summed E-state index contributed by atoms with van der Waals surface area (Å²) in [6, 6.07) is 0. The van der Waals surface area contributed by atoms with Crippen LogP contribution in [0, 0.1) is 0 Å². The Morgan fingerprint density at radius 2 is 1.67 bits per heavy atom. The summed E-state index contributed by atoms with van der Waals surface area (Å²) >= 11 is 2.02. The minimum atomic E-state index is -1.32. The monoisotopic (exact) mass is 330 g/mol. The first-order valence-electron chi connectivity index (χ1n) is 7.90.